The maximum absolute atomic E-state index is 12.8. The summed E-state index contributed by atoms with van der Waals surface area (Å²) >= 11 is 0. The van der Waals surface area contributed by atoms with E-state index in [0.717, 1.165) is 31.0 Å². The van der Waals surface area contributed by atoms with Gasteiger partial charge in [0.2, 0.25) is 11.9 Å². The summed E-state index contributed by atoms with van der Waals surface area (Å²) in [6.45, 7) is 8.84. The summed E-state index contributed by atoms with van der Waals surface area (Å²) in [5.74, 6) is 0.994. The summed E-state index contributed by atoms with van der Waals surface area (Å²) < 4.78 is 3.99. The van der Waals surface area contributed by atoms with Crippen LogP contribution in [0.4, 0.5) is 10.7 Å². The maximum atomic E-state index is 12.8. The van der Waals surface area contributed by atoms with Crippen LogP contribution in [0.2, 0.25) is 0 Å². The van der Waals surface area contributed by atoms with Crippen molar-refractivity contribution < 1.29 is 14.2 Å². The minimum absolute atomic E-state index is 0.206. The molecule has 7 nitrogen and oxygen atoms in total. The van der Waals surface area contributed by atoms with E-state index in [1.54, 1.807) is 13.1 Å². The van der Waals surface area contributed by atoms with Crippen molar-refractivity contribution in [2.45, 2.75) is 39.3 Å². The highest BCUT2D eigenvalue weighted by Crippen LogP contribution is 2.29. The average molecular weight is 316 g/mol. The SMILES string of the molecule is C=CCN1C(=O)C2C(=Nc3n(CCCC)c(C)c[n+]32)N(C)C1=O. The molecule has 0 radical (unpaired) electrons. The third-order valence-electron chi connectivity index (χ3n) is 4.37. The molecule has 1 aromatic rings. The first-order valence-corrected chi connectivity index (χ1v) is 7.91. The van der Waals surface area contributed by atoms with Crippen LogP contribution in [0.25, 0.3) is 0 Å². The van der Waals surface area contributed by atoms with Gasteiger partial charge in [0.25, 0.3) is 5.91 Å². The Morgan fingerprint density at radius 1 is 1.43 bits per heavy atom. The Balaban J connectivity index is 2.05. The summed E-state index contributed by atoms with van der Waals surface area (Å²) in [5.41, 5.74) is 1.07. The third kappa shape index (κ3) is 2.18. The Kier molecular flexibility index (Phi) is 3.79. The molecule has 1 aromatic heterocycles. The molecule has 3 heterocycles. The summed E-state index contributed by atoms with van der Waals surface area (Å²) in [5, 5.41) is 0. The Labute approximate surface area is 135 Å². The van der Waals surface area contributed by atoms with Crippen molar-refractivity contribution >= 4 is 23.7 Å². The lowest BCUT2D eigenvalue weighted by Gasteiger charge is -2.32. The van der Waals surface area contributed by atoms with Crippen LogP contribution in [-0.4, -0.2) is 45.7 Å². The van der Waals surface area contributed by atoms with E-state index in [1.807, 2.05) is 17.7 Å². The molecule has 0 spiro atoms. The molecular formula is C16H22N5O2+. The molecule has 23 heavy (non-hydrogen) atoms. The zero-order valence-corrected chi connectivity index (χ0v) is 13.8. The van der Waals surface area contributed by atoms with Crippen molar-refractivity contribution in [3.63, 3.8) is 0 Å². The first-order valence-electron chi connectivity index (χ1n) is 7.91. The minimum Gasteiger partial charge on any atom is -0.270 e. The predicted octanol–water partition coefficient (Wildman–Crippen LogP) is 1.55. The summed E-state index contributed by atoms with van der Waals surface area (Å²) in [7, 11) is 1.66. The molecule has 0 N–H and O–H groups in total. The number of hydrogen-bond donors (Lipinski definition) is 0. The second-order valence-corrected chi connectivity index (χ2v) is 5.93. The molecule has 0 bridgehead atoms. The van der Waals surface area contributed by atoms with E-state index in [-0.39, 0.29) is 18.5 Å². The van der Waals surface area contributed by atoms with Crippen LogP contribution in [0.15, 0.2) is 23.8 Å². The molecule has 0 aliphatic carbocycles. The van der Waals surface area contributed by atoms with Gasteiger partial charge in [0.1, 0.15) is 11.9 Å². The molecule has 0 saturated carbocycles. The van der Waals surface area contributed by atoms with Crippen molar-refractivity contribution in [1.82, 2.24) is 14.4 Å². The molecule has 1 atom stereocenters. The Hall–Kier alpha value is -2.44. The number of carbonyl (C=O) groups is 2. The molecule has 2 aliphatic heterocycles. The number of carbonyl (C=O) groups excluding carboxylic acids is 2. The van der Waals surface area contributed by atoms with Crippen LogP contribution in [0.1, 0.15) is 31.5 Å². The standard InChI is InChI=1S/C16H22N5O2/c1-5-7-9-19-11(3)10-21-12-13(17-15(19)21)18(4)16(23)20(8-6-2)14(12)22/h6,10,12H,2,5,7-9H2,1,3-4H3/q+1. The van der Waals surface area contributed by atoms with E-state index in [1.165, 1.54) is 9.80 Å². The maximum Gasteiger partial charge on any atom is 0.401 e. The lowest BCUT2D eigenvalue weighted by atomic mass is 10.1. The van der Waals surface area contributed by atoms with Gasteiger partial charge in [-0.2, -0.15) is 0 Å². The van der Waals surface area contributed by atoms with Crippen molar-refractivity contribution in [3.8, 4) is 0 Å². The number of urea groups is 1. The highest BCUT2D eigenvalue weighted by atomic mass is 16.2. The van der Waals surface area contributed by atoms with Gasteiger partial charge in [0.05, 0.1) is 6.54 Å². The number of likely N-dealkylation sites (N-methyl/N-ethyl adjacent to an activating group) is 1. The lowest BCUT2D eigenvalue weighted by molar-refractivity contribution is -0.677. The van der Waals surface area contributed by atoms with Crippen LogP contribution in [0.5, 0.6) is 0 Å². The van der Waals surface area contributed by atoms with E-state index in [4.69, 9.17) is 0 Å². The zero-order valence-electron chi connectivity index (χ0n) is 13.8. The quantitative estimate of drug-likeness (QED) is 0.611. The number of amides is 3. The van der Waals surface area contributed by atoms with Gasteiger partial charge in [0, 0.05) is 13.6 Å². The van der Waals surface area contributed by atoms with Crippen LogP contribution >= 0.6 is 0 Å². The van der Waals surface area contributed by atoms with E-state index < -0.39 is 6.04 Å². The van der Waals surface area contributed by atoms with Gasteiger partial charge in [-0.3, -0.25) is 14.6 Å². The number of imide groups is 1. The third-order valence-corrected chi connectivity index (χ3v) is 4.37. The highest BCUT2D eigenvalue weighted by Gasteiger charge is 2.52. The van der Waals surface area contributed by atoms with Crippen molar-refractivity contribution in [1.29, 1.82) is 0 Å². The van der Waals surface area contributed by atoms with Gasteiger partial charge in [-0.1, -0.05) is 24.4 Å². The Morgan fingerprint density at radius 2 is 2.17 bits per heavy atom. The Bertz CT molecular complexity index is 718. The number of hydrogen-bond acceptors (Lipinski definition) is 3. The van der Waals surface area contributed by atoms with E-state index >= 15 is 0 Å². The zero-order chi connectivity index (χ0) is 16.7. The first kappa shape index (κ1) is 15.5. The van der Waals surface area contributed by atoms with Crippen LogP contribution in [0.3, 0.4) is 0 Å². The van der Waals surface area contributed by atoms with Gasteiger partial charge in [0.15, 0.2) is 0 Å². The van der Waals surface area contributed by atoms with Crippen LogP contribution < -0.4 is 4.57 Å². The minimum atomic E-state index is -0.561. The van der Waals surface area contributed by atoms with Crippen LogP contribution in [0, 0.1) is 6.92 Å². The predicted molar refractivity (Wildman–Crippen MR) is 85.5 cm³/mol. The van der Waals surface area contributed by atoms with Crippen molar-refractivity contribution in [2.24, 2.45) is 4.99 Å². The van der Waals surface area contributed by atoms with E-state index in [0.29, 0.717) is 5.84 Å². The van der Waals surface area contributed by atoms with Gasteiger partial charge >= 0.3 is 12.0 Å². The highest BCUT2D eigenvalue weighted by molar-refractivity contribution is 6.19. The number of aliphatic imine (C=N–C) groups is 1. The van der Waals surface area contributed by atoms with Crippen molar-refractivity contribution in [3.05, 3.63) is 24.5 Å². The molecule has 1 unspecified atom stereocenters. The van der Waals surface area contributed by atoms with Crippen LogP contribution in [-0.2, 0) is 11.3 Å². The second kappa shape index (κ2) is 5.64. The first-order chi connectivity index (χ1) is 11.0. The normalized spacial score (nSPS) is 19.8. The van der Waals surface area contributed by atoms with Gasteiger partial charge in [-0.15, -0.1) is 6.58 Å². The summed E-state index contributed by atoms with van der Waals surface area (Å²) in [6.07, 6.45) is 5.63. The average Bonchev–Trinajstić information content (AvgIpc) is 3.03. The van der Waals surface area contributed by atoms with E-state index in [9.17, 15) is 9.59 Å². The number of amidine groups is 1. The molecule has 122 valence electrons. The number of unbranched alkanes of at least 4 members (excludes halogenated alkanes) is 1. The number of aryl methyl sites for hydroxylation is 1. The fourth-order valence-corrected chi connectivity index (χ4v) is 3.12. The lowest BCUT2D eigenvalue weighted by Crippen LogP contribution is -2.62. The van der Waals surface area contributed by atoms with Crippen molar-refractivity contribution in [2.75, 3.05) is 13.6 Å². The molecular weight excluding hydrogens is 294 g/mol. The molecule has 7 heteroatoms. The van der Waals surface area contributed by atoms with Gasteiger partial charge in [-0.05, 0) is 13.3 Å². The summed E-state index contributed by atoms with van der Waals surface area (Å²) in [4.78, 5) is 32.4. The number of fused-ring (bicyclic) bond motifs is 3. The van der Waals surface area contributed by atoms with Gasteiger partial charge < -0.3 is 0 Å². The smallest absolute Gasteiger partial charge is 0.270 e. The molecule has 3 rings (SSSR count). The molecule has 2 aliphatic rings. The fourth-order valence-electron chi connectivity index (χ4n) is 3.12. The number of aromatic nitrogens is 2. The molecule has 1 fully saturated rings. The number of rotatable bonds is 5. The Morgan fingerprint density at radius 3 is 2.83 bits per heavy atom. The summed E-state index contributed by atoms with van der Waals surface area (Å²) in [6, 6.07) is -0.915. The molecule has 0 aromatic carbocycles. The molecule has 3 amide bonds. The largest absolute Gasteiger partial charge is 0.401 e. The molecule has 1 saturated heterocycles. The number of imidazole rings is 1. The monoisotopic (exact) mass is 316 g/mol. The topological polar surface area (TPSA) is 61.8 Å². The number of nitrogens with zero attached hydrogens (tertiary/aromatic N) is 5. The second-order valence-electron chi connectivity index (χ2n) is 5.93. The fraction of sp³-hybridized carbons (Fsp3) is 0.500. The van der Waals surface area contributed by atoms with E-state index in [2.05, 4.69) is 23.1 Å². The van der Waals surface area contributed by atoms with Gasteiger partial charge in [-0.25, -0.2) is 13.9 Å².